The second kappa shape index (κ2) is 8.60. The van der Waals surface area contributed by atoms with Gasteiger partial charge in [0.2, 0.25) is 5.82 Å². The number of rotatable bonds is 6. The fourth-order valence-corrected chi connectivity index (χ4v) is 3.83. The van der Waals surface area contributed by atoms with E-state index >= 15 is 0 Å². The molecule has 0 unspecified atom stereocenters. The van der Waals surface area contributed by atoms with Gasteiger partial charge in [0.05, 0.1) is 11.4 Å². The van der Waals surface area contributed by atoms with Crippen LogP contribution in [0.25, 0.3) is 11.5 Å². The zero-order valence-electron chi connectivity index (χ0n) is 17.2. The maximum absolute atomic E-state index is 4.70. The van der Waals surface area contributed by atoms with Crippen LogP contribution in [-0.2, 0) is 13.0 Å². The number of tetrazole rings is 1. The highest BCUT2D eigenvalue weighted by molar-refractivity contribution is 5.71. The standard InChI is InChI=1S/C20H27N9/c1-14(2)9-16-10-18(19(21-11-16)20-24-26-27-25-20)29-8-7-28(15(3)12-29)13-17-5-4-6-22-23-17/h4-6,10-11,14-15H,7-9,12-13H2,1-3H3,(H,24,25,26,27)/t15-/m0/s1. The quantitative estimate of drug-likeness (QED) is 0.678. The topological polar surface area (TPSA) is 99.6 Å². The zero-order chi connectivity index (χ0) is 20.2. The van der Waals surface area contributed by atoms with Crippen molar-refractivity contribution < 1.29 is 0 Å². The van der Waals surface area contributed by atoms with Crippen molar-refractivity contribution in [2.75, 3.05) is 24.5 Å². The summed E-state index contributed by atoms with van der Waals surface area (Å²) in [5.41, 5.74) is 4.09. The van der Waals surface area contributed by atoms with Crippen molar-refractivity contribution in [3.63, 3.8) is 0 Å². The SMILES string of the molecule is CC(C)Cc1cnc(-c2nn[nH]n2)c(N2CCN(Cc3cccnn3)[C@@H](C)C2)c1. The van der Waals surface area contributed by atoms with Gasteiger partial charge in [0, 0.05) is 44.6 Å². The molecule has 152 valence electrons. The molecular formula is C20H27N9. The van der Waals surface area contributed by atoms with E-state index in [1.54, 1.807) is 6.20 Å². The van der Waals surface area contributed by atoms with Crippen molar-refractivity contribution in [2.45, 2.75) is 39.8 Å². The van der Waals surface area contributed by atoms with Gasteiger partial charge in [-0.3, -0.25) is 9.88 Å². The summed E-state index contributed by atoms with van der Waals surface area (Å²) in [6, 6.07) is 6.58. The van der Waals surface area contributed by atoms with Crippen molar-refractivity contribution in [1.82, 2.24) is 40.7 Å². The first-order valence-corrected chi connectivity index (χ1v) is 10.1. The Morgan fingerprint density at radius 3 is 2.83 bits per heavy atom. The third-order valence-corrected chi connectivity index (χ3v) is 5.22. The van der Waals surface area contributed by atoms with Gasteiger partial charge in [-0.1, -0.05) is 13.8 Å². The number of hydrogen-bond acceptors (Lipinski definition) is 8. The summed E-state index contributed by atoms with van der Waals surface area (Å²) in [7, 11) is 0. The average Bonchev–Trinajstić information content (AvgIpc) is 3.24. The molecule has 1 N–H and O–H groups in total. The molecule has 1 aliphatic rings. The lowest BCUT2D eigenvalue weighted by Crippen LogP contribution is -2.51. The summed E-state index contributed by atoms with van der Waals surface area (Å²) in [6.07, 6.45) is 4.64. The minimum Gasteiger partial charge on any atom is -0.367 e. The van der Waals surface area contributed by atoms with E-state index in [1.807, 2.05) is 18.3 Å². The van der Waals surface area contributed by atoms with E-state index in [-0.39, 0.29) is 0 Å². The third-order valence-electron chi connectivity index (χ3n) is 5.22. The molecule has 1 saturated heterocycles. The summed E-state index contributed by atoms with van der Waals surface area (Å²) >= 11 is 0. The molecule has 29 heavy (non-hydrogen) atoms. The van der Waals surface area contributed by atoms with Crippen LogP contribution < -0.4 is 4.90 Å². The molecule has 1 fully saturated rings. The molecule has 4 rings (SSSR count). The van der Waals surface area contributed by atoms with Crippen LogP contribution in [0.4, 0.5) is 5.69 Å². The zero-order valence-corrected chi connectivity index (χ0v) is 17.2. The molecule has 4 heterocycles. The first-order valence-electron chi connectivity index (χ1n) is 10.1. The van der Waals surface area contributed by atoms with Gasteiger partial charge in [-0.25, -0.2) is 0 Å². The van der Waals surface area contributed by atoms with E-state index in [2.05, 4.69) is 67.5 Å². The highest BCUT2D eigenvalue weighted by Gasteiger charge is 2.27. The van der Waals surface area contributed by atoms with Gasteiger partial charge in [-0.2, -0.15) is 15.4 Å². The van der Waals surface area contributed by atoms with Crippen LogP contribution in [0.2, 0.25) is 0 Å². The van der Waals surface area contributed by atoms with Crippen molar-refractivity contribution in [1.29, 1.82) is 0 Å². The lowest BCUT2D eigenvalue weighted by molar-refractivity contribution is 0.178. The minimum atomic E-state index is 0.373. The third kappa shape index (κ3) is 4.56. The molecule has 9 heteroatoms. The number of nitrogens with one attached hydrogen (secondary N) is 1. The summed E-state index contributed by atoms with van der Waals surface area (Å²) in [5, 5.41) is 22.8. The van der Waals surface area contributed by atoms with Crippen molar-refractivity contribution >= 4 is 5.69 Å². The van der Waals surface area contributed by atoms with E-state index in [9.17, 15) is 0 Å². The summed E-state index contributed by atoms with van der Waals surface area (Å²) in [6.45, 7) is 10.3. The van der Waals surface area contributed by atoms with Crippen molar-refractivity contribution in [3.8, 4) is 11.5 Å². The summed E-state index contributed by atoms with van der Waals surface area (Å²) < 4.78 is 0. The number of pyridine rings is 1. The normalized spacial score (nSPS) is 17.8. The Hall–Kier alpha value is -2.94. The number of aromatic amines is 1. The second-order valence-corrected chi connectivity index (χ2v) is 8.03. The van der Waals surface area contributed by atoms with Crippen LogP contribution in [0.1, 0.15) is 32.0 Å². The Labute approximate surface area is 170 Å². The van der Waals surface area contributed by atoms with Crippen molar-refractivity contribution in [2.24, 2.45) is 5.92 Å². The molecule has 9 nitrogen and oxygen atoms in total. The maximum atomic E-state index is 4.70. The number of H-pyrrole nitrogens is 1. The molecule has 0 aromatic carbocycles. The van der Waals surface area contributed by atoms with Crippen LogP contribution in [0, 0.1) is 5.92 Å². The van der Waals surface area contributed by atoms with Gasteiger partial charge >= 0.3 is 0 Å². The van der Waals surface area contributed by atoms with Gasteiger partial charge in [-0.15, -0.1) is 10.2 Å². The number of anilines is 1. The molecule has 0 aliphatic carbocycles. The fraction of sp³-hybridized carbons (Fsp3) is 0.500. The predicted molar refractivity (Wildman–Crippen MR) is 110 cm³/mol. The number of hydrogen-bond donors (Lipinski definition) is 1. The Kier molecular flexibility index (Phi) is 5.75. The summed E-state index contributed by atoms with van der Waals surface area (Å²) in [5.74, 6) is 1.11. The Balaban J connectivity index is 1.56. The lowest BCUT2D eigenvalue weighted by atomic mass is 10.0. The van der Waals surface area contributed by atoms with E-state index in [0.717, 1.165) is 49.7 Å². The first-order chi connectivity index (χ1) is 14.1. The summed E-state index contributed by atoms with van der Waals surface area (Å²) in [4.78, 5) is 9.54. The Bertz CT molecular complexity index is 911. The van der Waals surface area contributed by atoms with E-state index in [0.29, 0.717) is 17.8 Å². The number of nitrogens with zero attached hydrogens (tertiary/aromatic N) is 8. The van der Waals surface area contributed by atoms with Crippen LogP contribution in [-0.4, -0.2) is 66.4 Å². The monoisotopic (exact) mass is 393 g/mol. The largest absolute Gasteiger partial charge is 0.367 e. The minimum absolute atomic E-state index is 0.373. The molecule has 1 atom stereocenters. The highest BCUT2D eigenvalue weighted by atomic mass is 15.5. The molecule has 0 amide bonds. The van der Waals surface area contributed by atoms with E-state index < -0.39 is 0 Å². The molecule has 0 bridgehead atoms. The maximum Gasteiger partial charge on any atom is 0.225 e. The van der Waals surface area contributed by atoms with E-state index in [1.165, 1.54) is 5.56 Å². The first kappa shape index (κ1) is 19.4. The molecular weight excluding hydrogens is 366 g/mol. The fourth-order valence-electron chi connectivity index (χ4n) is 3.83. The molecule has 0 saturated carbocycles. The van der Waals surface area contributed by atoms with Crippen molar-refractivity contribution in [3.05, 3.63) is 41.9 Å². The van der Waals surface area contributed by atoms with Gasteiger partial charge in [0.15, 0.2) is 0 Å². The molecule has 0 radical (unpaired) electrons. The molecule has 3 aromatic rings. The molecule has 1 aliphatic heterocycles. The van der Waals surface area contributed by atoms with Crippen LogP contribution in [0.5, 0.6) is 0 Å². The Morgan fingerprint density at radius 2 is 2.14 bits per heavy atom. The van der Waals surface area contributed by atoms with Crippen LogP contribution >= 0.6 is 0 Å². The Morgan fingerprint density at radius 1 is 1.24 bits per heavy atom. The molecule has 0 spiro atoms. The predicted octanol–water partition coefficient (Wildman–Crippen LogP) is 1.96. The number of aromatic nitrogens is 7. The van der Waals surface area contributed by atoms with Gasteiger partial charge in [-0.05, 0) is 48.2 Å². The van der Waals surface area contributed by atoms with Crippen LogP contribution in [0.3, 0.4) is 0 Å². The van der Waals surface area contributed by atoms with Gasteiger partial charge in [0.1, 0.15) is 5.69 Å². The lowest BCUT2D eigenvalue weighted by Gasteiger charge is -2.41. The van der Waals surface area contributed by atoms with Gasteiger partial charge < -0.3 is 4.90 Å². The highest BCUT2D eigenvalue weighted by Crippen LogP contribution is 2.30. The smallest absolute Gasteiger partial charge is 0.225 e. The van der Waals surface area contributed by atoms with E-state index in [4.69, 9.17) is 4.98 Å². The number of piperazine rings is 1. The molecule has 3 aromatic heterocycles. The second-order valence-electron chi connectivity index (χ2n) is 8.03. The van der Waals surface area contributed by atoms with Gasteiger partial charge in [0.25, 0.3) is 0 Å². The average molecular weight is 393 g/mol. The van der Waals surface area contributed by atoms with Crippen LogP contribution in [0.15, 0.2) is 30.6 Å².